The second kappa shape index (κ2) is 9.93. The van der Waals surface area contributed by atoms with Gasteiger partial charge in [-0.2, -0.15) is 5.10 Å². The molecule has 1 aliphatic heterocycles. The second-order valence-corrected chi connectivity index (χ2v) is 8.39. The average molecular weight is 476 g/mol. The molecule has 0 spiro atoms. The van der Waals surface area contributed by atoms with E-state index in [1.807, 2.05) is 49.4 Å². The van der Waals surface area contributed by atoms with Gasteiger partial charge in [0.25, 0.3) is 0 Å². The number of amidine groups is 1. The highest BCUT2D eigenvalue weighted by atomic mass is 79.9. The van der Waals surface area contributed by atoms with Crippen molar-refractivity contribution in [3.63, 3.8) is 0 Å². The van der Waals surface area contributed by atoms with E-state index in [4.69, 9.17) is 9.47 Å². The molecular formula is C21H22BrN3O3S. The highest BCUT2D eigenvalue weighted by Crippen LogP contribution is 2.31. The summed E-state index contributed by atoms with van der Waals surface area (Å²) in [7, 11) is 3.24. The molecule has 1 atom stereocenters. The predicted octanol–water partition coefficient (Wildman–Crippen LogP) is 4.71. The Morgan fingerprint density at radius 2 is 1.93 bits per heavy atom. The Bertz CT molecular complexity index is 931. The first-order valence-corrected chi connectivity index (χ1v) is 10.8. The lowest BCUT2D eigenvalue weighted by Crippen LogP contribution is -2.31. The van der Waals surface area contributed by atoms with Gasteiger partial charge in [-0.1, -0.05) is 46.7 Å². The van der Waals surface area contributed by atoms with Gasteiger partial charge < -0.3 is 9.47 Å². The zero-order valence-electron chi connectivity index (χ0n) is 16.5. The molecule has 1 heterocycles. The summed E-state index contributed by atoms with van der Waals surface area (Å²) in [5, 5.41) is 9.03. The van der Waals surface area contributed by atoms with Gasteiger partial charge in [0.2, 0.25) is 5.91 Å². The molecule has 0 radical (unpaired) electrons. The van der Waals surface area contributed by atoms with Crippen LogP contribution in [0.1, 0.15) is 24.5 Å². The van der Waals surface area contributed by atoms with Gasteiger partial charge in [-0.15, -0.1) is 5.10 Å². The summed E-state index contributed by atoms with van der Waals surface area (Å²) in [4.78, 5) is 14.5. The van der Waals surface area contributed by atoms with Crippen molar-refractivity contribution in [2.75, 3.05) is 14.2 Å². The third-order valence-corrected chi connectivity index (χ3v) is 6.25. The maximum absolute atomic E-state index is 12.8. The predicted molar refractivity (Wildman–Crippen MR) is 121 cm³/mol. The van der Waals surface area contributed by atoms with Crippen LogP contribution in [0.2, 0.25) is 0 Å². The Balaban J connectivity index is 1.82. The van der Waals surface area contributed by atoms with Crippen LogP contribution in [0, 0.1) is 0 Å². The lowest BCUT2D eigenvalue weighted by molar-refractivity contribution is -0.126. The minimum atomic E-state index is -0.136. The summed E-state index contributed by atoms with van der Waals surface area (Å²) in [5.74, 6) is 1.54. The average Bonchev–Trinajstić information content (AvgIpc) is 3.03. The Labute approximate surface area is 183 Å². The van der Waals surface area contributed by atoms with Crippen molar-refractivity contribution in [2.45, 2.75) is 25.1 Å². The number of hydrogen-bond donors (Lipinski definition) is 0. The van der Waals surface area contributed by atoms with Crippen LogP contribution >= 0.6 is 27.7 Å². The highest BCUT2D eigenvalue weighted by Gasteiger charge is 2.36. The quantitative estimate of drug-likeness (QED) is 0.429. The summed E-state index contributed by atoms with van der Waals surface area (Å²) < 4.78 is 11.5. The van der Waals surface area contributed by atoms with Gasteiger partial charge in [0.1, 0.15) is 11.5 Å². The Kier molecular flexibility index (Phi) is 7.33. The van der Waals surface area contributed by atoms with E-state index in [1.54, 1.807) is 25.3 Å². The summed E-state index contributed by atoms with van der Waals surface area (Å²) in [6.45, 7) is 2.45. The number of hydrogen-bond acceptors (Lipinski definition) is 6. The molecule has 1 saturated heterocycles. The topological polar surface area (TPSA) is 63.5 Å². The van der Waals surface area contributed by atoms with Crippen LogP contribution in [0.5, 0.6) is 11.5 Å². The molecular weight excluding hydrogens is 454 g/mol. The van der Waals surface area contributed by atoms with E-state index in [0.717, 1.165) is 27.8 Å². The third kappa shape index (κ3) is 5.19. The Hall–Kier alpha value is -2.32. The second-order valence-electron chi connectivity index (χ2n) is 6.30. The molecule has 0 aliphatic carbocycles. The number of carbonyl (C=O) groups is 1. The fourth-order valence-electron chi connectivity index (χ4n) is 2.85. The van der Waals surface area contributed by atoms with Gasteiger partial charge in [-0.05, 0) is 42.3 Å². The van der Waals surface area contributed by atoms with Crippen LogP contribution in [0.15, 0.2) is 57.1 Å². The largest absolute Gasteiger partial charge is 0.497 e. The Morgan fingerprint density at radius 3 is 2.59 bits per heavy atom. The fourth-order valence-corrected chi connectivity index (χ4v) is 4.25. The van der Waals surface area contributed by atoms with Crippen molar-refractivity contribution in [1.82, 2.24) is 4.90 Å². The first-order valence-electron chi connectivity index (χ1n) is 9.11. The number of benzene rings is 2. The lowest BCUT2D eigenvalue weighted by atomic mass is 10.2. The van der Waals surface area contributed by atoms with Crippen molar-refractivity contribution < 1.29 is 14.3 Å². The van der Waals surface area contributed by atoms with E-state index in [0.29, 0.717) is 17.5 Å². The van der Waals surface area contributed by atoms with Crippen molar-refractivity contribution in [3.05, 3.63) is 58.1 Å². The zero-order chi connectivity index (χ0) is 20.8. The minimum absolute atomic E-state index is 0.0577. The van der Waals surface area contributed by atoms with Crippen molar-refractivity contribution in [2.24, 2.45) is 10.2 Å². The number of halogens is 1. The maximum atomic E-state index is 12.8. The summed E-state index contributed by atoms with van der Waals surface area (Å²) in [5.41, 5.74) is 1.80. The van der Waals surface area contributed by atoms with Gasteiger partial charge in [-0.25, -0.2) is 0 Å². The first kappa shape index (κ1) is 21.4. The third-order valence-electron chi connectivity index (χ3n) is 4.42. The number of methoxy groups -OCH3 is 2. The lowest BCUT2D eigenvalue weighted by Gasteiger charge is -2.16. The van der Waals surface area contributed by atoms with Gasteiger partial charge in [-0.3, -0.25) is 9.69 Å². The molecule has 2 aromatic rings. The van der Waals surface area contributed by atoms with Gasteiger partial charge in [0, 0.05) is 10.0 Å². The number of amides is 1. The van der Waals surface area contributed by atoms with Crippen LogP contribution in [0.3, 0.4) is 0 Å². The molecule has 8 heteroatoms. The first-order chi connectivity index (χ1) is 14.0. The molecule has 0 N–H and O–H groups in total. The van der Waals surface area contributed by atoms with E-state index in [-0.39, 0.29) is 11.2 Å². The smallest absolute Gasteiger partial charge is 0.242 e. The summed E-state index contributed by atoms with van der Waals surface area (Å²) in [6.07, 6.45) is 2.37. The highest BCUT2D eigenvalue weighted by molar-refractivity contribution is 9.10. The van der Waals surface area contributed by atoms with Crippen molar-refractivity contribution in [1.29, 1.82) is 0 Å². The number of nitrogens with zero attached hydrogens (tertiary/aromatic N) is 3. The minimum Gasteiger partial charge on any atom is -0.497 e. The normalized spacial score (nSPS) is 18.1. The molecule has 0 saturated carbocycles. The van der Waals surface area contributed by atoms with Crippen LogP contribution in [0.25, 0.3) is 0 Å². The number of rotatable bonds is 7. The molecule has 6 nitrogen and oxygen atoms in total. The van der Waals surface area contributed by atoms with Crippen LogP contribution in [0.4, 0.5) is 0 Å². The molecule has 2 aromatic carbocycles. The number of carbonyl (C=O) groups excluding carboxylic acids is 1. The Morgan fingerprint density at radius 1 is 1.17 bits per heavy atom. The van der Waals surface area contributed by atoms with Gasteiger partial charge in [0.15, 0.2) is 5.17 Å². The van der Waals surface area contributed by atoms with Crippen molar-refractivity contribution in [3.8, 4) is 11.5 Å². The monoisotopic (exact) mass is 475 g/mol. The SMILES string of the molecule is CCC1SC(=NN=Cc2cc(Br)ccc2OC)N(Cc2ccc(OC)cc2)C1=O. The molecule has 1 aliphatic rings. The van der Waals surface area contributed by atoms with Crippen LogP contribution in [-0.4, -0.2) is 41.7 Å². The zero-order valence-corrected chi connectivity index (χ0v) is 18.9. The molecule has 1 unspecified atom stereocenters. The van der Waals surface area contributed by atoms with Crippen LogP contribution in [-0.2, 0) is 11.3 Å². The molecule has 0 aromatic heterocycles. The van der Waals surface area contributed by atoms with Gasteiger partial charge >= 0.3 is 0 Å². The van der Waals surface area contributed by atoms with E-state index in [2.05, 4.69) is 26.1 Å². The van der Waals surface area contributed by atoms with Crippen molar-refractivity contribution >= 4 is 45.0 Å². The number of thioether (sulfide) groups is 1. The molecule has 29 heavy (non-hydrogen) atoms. The number of ether oxygens (including phenoxy) is 2. The van der Waals surface area contributed by atoms with Gasteiger partial charge in [0.05, 0.1) is 32.2 Å². The molecule has 3 rings (SSSR count). The summed E-state index contributed by atoms with van der Waals surface area (Å²) >= 11 is 4.90. The van der Waals surface area contributed by atoms with E-state index in [9.17, 15) is 4.79 Å². The fraction of sp³-hybridized carbons (Fsp3) is 0.286. The summed E-state index contributed by atoms with van der Waals surface area (Å²) in [6, 6.07) is 13.3. The molecule has 1 amide bonds. The maximum Gasteiger partial charge on any atom is 0.242 e. The molecule has 152 valence electrons. The molecule has 1 fully saturated rings. The molecule has 0 bridgehead atoms. The van der Waals surface area contributed by atoms with E-state index >= 15 is 0 Å². The van der Waals surface area contributed by atoms with E-state index in [1.165, 1.54) is 11.8 Å². The van der Waals surface area contributed by atoms with Crippen LogP contribution < -0.4 is 9.47 Å². The van der Waals surface area contributed by atoms with E-state index < -0.39 is 0 Å². The standard InChI is InChI=1S/C21H22BrN3O3S/c1-4-19-20(26)25(13-14-5-8-17(27-2)9-6-14)21(29-19)24-23-12-15-11-16(22)7-10-18(15)28-3/h5-12,19H,4,13H2,1-3H3.